The third-order valence-electron chi connectivity index (χ3n) is 12.5. The number of hydrogen-bond acceptors (Lipinski definition) is 3. The van der Waals surface area contributed by atoms with Crippen LogP contribution in [-0.2, 0) is 5.41 Å². The molecule has 0 amide bonds. The number of benzene rings is 7. The number of fused-ring (bicyclic) bond motifs is 15. The van der Waals surface area contributed by atoms with Crippen LogP contribution in [0, 0.1) is 0 Å². The van der Waals surface area contributed by atoms with Crippen molar-refractivity contribution in [2.45, 2.75) is 15.2 Å². The molecule has 0 bridgehead atoms. The van der Waals surface area contributed by atoms with Gasteiger partial charge in [0.1, 0.15) is 0 Å². The van der Waals surface area contributed by atoms with E-state index in [0.29, 0.717) is 0 Å². The zero-order valence-corrected chi connectivity index (χ0v) is 32.0. The van der Waals surface area contributed by atoms with E-state index in [1.807, 2.05) is 24.2 Å². The number of para-hydroxylation sites is 4. The van der Waals surface area contributed by atoms with E-state index < -0.39 is 5.41 Å². The van der Waals surface area contributed by atoms with Gasteiger partial charge in [-0.2, -0.15) is 0 Å². The van der Waals surface area contributed by atoms with E-state index in [-0.39, 0.29) is 0 Å². The minimum absolute atomic E-state index is 0.638. The van der Waals surface area contributed by atoms with Gasteiger partial charge in [-0.25, -0.2) is 0 Å². The number of rotatable bonds is 3. The molecule has 7 aromatic carbocycles. The maximum Gasteiger partial charge on any atom is 0.0937 e. The molecule has 5 heteroatoms. The molecule has 0 saturated heterocycles. The van der Waals surface area contributed by atoms with E-state index in [1.54, 1.807) is 0 Å². The van der Waals surface area contributed by atoms with Crippen molar-refractivity contribution in [1.82, 2.24) is 19.1 Å². The van der Waals surface area contributed by atoms with Crippen LogP contribution < -0.4 is 0 Å². The SMILES string of the molecule is c1ccc(-n2c3ccccc3c3cc(-c4ccc5c(c4)C4(c6cc(-n7c8ccccc8c8ccccc87)ccc6S5)c5cccnc5-c5ncccc54)ccc32)cc1. The van der Waals surface area contributed by atoms with Crippen molar-refractivity contribution in [1.29, 1.82) is 0 Å². The van der Waals surface area contributed by atoms with Crippen LogP contribution in [0.4, 0.5) is 0 Å². The summed E-state index contributed by atoms with van der Waals surface area (Å²) in [6, 6.07) is 66.8. The Bertz CT molecular complexity index is 3400. The molecule has 0 fully saturated rings. The average molecular weight is 757 g/mol. The lowest BCUT2D eigenvalue weighted by atomic mass is 9.67. The van der Waals surface area contributed by atoms with Crippen LogP contribution >= 0.6 is 11.8 Å². The Kier molecular flexibility index (Phi) is 6.55. The molecular formula is C53H32N4S. The average Bonchev–Trinajstić information content (AvgIpc) is 3.91. The smallest absolute Gasteiger partial charge is 0.0937 e. The van der Waals surface area contributed by atoms with Crippen LogP contribution in [0.25, 0.3) is 77.5 Å². The molecule has 13 rings (SSSR count). The molecule has 4 nitrogen and oxygen atoms in total. The van der Waals surface area contributed by atoms with Gasteiger partial charge in [-0.1, -0.05) is 109 Å². The first kappa shape index (κ1) is 31.9. The minimum atomic E-state index is -0.638. The molecule has 5 heterocycles. The Morgan fingerprint density at radius 3 is 1.52 bits per heavy atom. The van der Waals surface area contributed by atoms with Crippen LogP contribution in [0.2, 0.25) is 0 Å². The zero-order valence-electron chi connectivity index (χ0n) is 31.2. The summed E-state index contributed by atoms with van der Waals surface area (Å²) in [5.41, 5.74) is 15.6. The van der Waals surface area contributed by atoms with Crippen molar-refractivity contribution in [3.05, 3.63) is 217 Å². The van der Waals surface area contributed by atoms with Crippen molar-refractivity contribution in [2.24, 2.45) is 0 Å². The third kappa shape index (κ3) is 4.20. The van der Waals surface area contributed by atoms with E-state index in [1.165, 1.54) is 86.8 Å². The quantitative estimate of drug-likeness (QED) is 0.180. The van der Waals surface area contributed by atoms with Gasteiger partial charge in [-0.15, -0.1) is 0 Å². The summed E-state index contributed by atoms with van der Waals surface area (Å²) in [7, 11) is 0. The zero-order chi connectivity index (χ0) is 38.0. The highest BCUT2D eigenvalue weighted by atomic mass is 32.2. The summed E-state index contributed by atoms with van der Waals surface area (Å²) in [6.45, 7) is 0. The predicted octanol–water partition coefficient (Wildman–Crippen LogP) is 13.2. The normalized spacial score (nSPS) is 13.6. The van der Waals surface area contributed by atoms with Crippen molar-refractivity contribution < 1.29 is 0 Å². The van der Waals surface area contributed by atoms with Gasteiger partial charge in [0.25, 0.3) is 0 Å². The lowest BCUT2D eigenvalue weighted by Crippen LogP contribution is -2.32. The second-order valence-electron chi connectivity index (χ2n) is 15.3. The van der Waals surface area contributed by atoms with E-state index in [4.69, 9.17) is 9.97 Å². The second-order valence-corrected chi connectivity index (χ2v) is 16.4. The van der Waals surface area contributed by atoms with Crippen molar-refractivity contribution in [3.63, 3.8) is 0 Å². The summed E-state index contributed by atoms with van der Waals surface area (Å²) < 4.78 is 4.81. The van der Waals surface area contributed by atoms with Gasteiger partial charge < -0.3 is 9.13 Å². The molecule has 1 aliphatic carbocycles. The van der Waals surface area contributed by atoms with Gasteiger partial charge in [0.2, 0.25) is 0 Å². The van der Waals surface area contributed by atoms with Gasteiger partial charge in [0.05, 0.1) is 38.9 Å². The first-order chi connectivity index (χ1) is 28.8. The molecule has 0 radical (unpaired) electrons. The molecule has 270 valence electrons. The highest BCUT2D eigenvalue weighted by Gasteiger charge is 2.51. The standard InChI is InChI=1S/C53H32N4S/c1-2-12-35(13-3-1)56-47-21-9-6-16-39(47)40-30-33(22-25-48(40)56)34-23-26-49-43(31-34)53(41-17-10-28-54-51(41)52-42(53)18-11-29-55-52)44-32-36(24-27-50(44)58-49)57-45-19-7-4-14-37(45)38-15-5-8-20-46(38)57/h1-32H. The molecular weight excluding hydrogens is 725 g/mol. The fraction of sp³-hybridized carbons (Fsp3) is 0.0189. The number of aromatic nitrogens is 4. The largest absolute Gasteiger partial charge is 0.309 e. The van der Waals surface area contributed by atoms with Crippen LogP contribution in [0.1, 0.15) is 22.3 Å². The lowest BCUT2D eigenvalue weighted by molar-refractivity contribution is 0.718. The molecule has 2 aliphatic rings. The van der Waals surface area contributed by atoms with E-state index >= 15 is 0 Å². The molecule has 4 aromatic heterocycles. The van der Waals surface area contributed by atoms with Gasteiger partial charge in [-0.05, 0) is 118 Å². The fourth-order valence-electron chi connectivity index (χ4n) is 10.1. The molecule has 0 N–H and O–H groups in total. The van der Waals surface area contributed by atoms with Gasteiger partial charge in [-0.3, -0.25) is 9.97 Å². The number of hydrogen-bond donors (Lipinski definition) is 0. The van der Waals surface area contributed by atoms with E-state index in [9.17, 15) is 0 Å². The third-order valence-corrected chi connectivity index (χ3v) is 13.6. The van der Waals surface area contributed by atoms with Gasteiger partial charge in [0, 0.05) is 55.1 Å². The molecule has 0 unspecified atom stereocenters. The highest BCUT2D eigenvalue weighted by Crippen LogP contribution is 2.62. The van der Waals surface area contributed by atoms with Gasteiger partial charge >= 0.3 is 0 Å². The summed E-state index contributed by atoms with van der Waals surface area (Å²) in [5, 5.41) is 4.99. The molecule has 58 heavy (non-hydrogen) atoms. The van der Waals surface area contributed by atoms with Crippen molar-refractivity contribution in [3.8, 4) is 33.9 Å². The first-order valence-corrected chi connectivity index (χ1v) is 20.5. The van der Waals surface area contributed by atoms with Gasteiger partial charge in [0.15, 0.2) is 0 Å². The van der Waals surface area contributed by atoms with Crippen molar-refractivity contribution in [2.75, 3.05) is 0 Å². The first-order valence-electron chi connectivity index (χ1n) is 19.7. The Morgan fingerprint density at radius 1 is 0.362 bits per heavy atom. The van der Waals surface area contributed by atoms with Crippen LogP contribution in [0.3, 0.4) is 0 Å². The minimum Gasteiger partial charge on any atom is -0.309 e. The van der Waals surface area contributed by atoms with E-state index in [0.717, 1.165) is 22.8 Å². The lowest BCUT2D eigenvalue weighted by Gasteiger charge is -2.39. The summed E-state index contributed by atoms with van der Waals surface area (Å²) in [6.07, 6.45) is 3.81. The maximum absolute atomic E-state index is 5.04. The summed E-state index contributed by atoms with van der Waals surface area (Å²) in [4.78, 5) is 12.6. The van der Waals surface area contributed by atoms with Crippen LogP contribution in [0.5, 0.6) is 0 Å². The summed E-state index contributed by atoms with van der Waals surface area (Å²) >= 11 is 1.86. The molecule has 0 saturated carbocycles. The molecule has 1 aliphatic heterocycles. The Labute approximate surface area is 338 Å². The maximum atomic E-state index is 5.04. The highest BCUT2D eigenvalue weighted by molar-refractivity contribution is 7.99. The van der Waals surface area contributed by atoms with Crippen molar-refractivity contribution >= 4 is 55.4 Å². The number of nitrogens with zero attached hydrogens (tertiary/aromatic N) is 4. The second kappa shape index (κ2) is 11.9. The fourth-order valence-corrected chi connectivity index (χ4v) is 11.3. The molecule has 0 atom stereocenters. The molecule has 11 aromatic rings. The Balaban J connectivity index is 1.07. The summed E-state index contributed by atoms with van der Waals surface area (Å²) in [5.74, 6) is 0. The Hall–Kier alpha value is -7.21. The van der Waals surface area contributed by atoms with E-state index in [2.05, 4.69) is 191 Å². The Morgan fingerprint density at radius 2 is 0.862 bits per heavy atom. The monoisotopic (exact) mass is 756 g/mol. The van der Waals surface area contributed by atoms with Crippen LogP contribution in [0.15, 0.2) is 204 Å². The topological polar surface area (TPSA) is 35.6 Å². The predicted molar refractivity (Wildman–Crippen MR) is 238 cm³/mol. The number of pyridine rings is 2. The van der Waals surface area contributed by atoms with Crippen LogP contribution in [-0.4, -0.2) is 19.1 Å². The molecule has 1 spiro atoms.